The summed E-state index contributed by atoms with van der Waals surface area (Å²) in [4.78, 5) is 15.4. The van der Waals surface area contributed by atoms with Crippen LogP contribution < -0.4 is 0 Å². The van der Waals surface area contributed by atoms with Gasteiger partial charge in [-0.3, -0.25) is 0 Å². The second-order valence-corrected chi connectivity index (χ2v) is 2.60. The van der Waals surface area contributed by atoms with Gasteiger partial charge in [-0.2, -0.15) is 0 Å². The predicted octanol–water partition coefficient (Wildman–Crippen LogP) is 2.14. The van der Waals surface area contributed by atoms with E-state index in [1.54, 1.807) is 0 Å². The summed E-state index contributed by atoms with van der Waals surface area (Å²) < 4.78 is 0. The number of hydrogen-bond donors (Lipinski definition) is 0. The summed E-state index contributed by atoms with van der Waals surface area (Å²) in [6.07, 6.45) is 3.13. The lowest BCUT2D eigenvalue weighted by atomic mass is 10.2. The summed E-state index contributed by atoms with van der Waals surface area (Å²) in [5.74, 6) is -0.410. The van der Waals surface area contributed by atoms with Crippen molar-refractivity contribution in [3.8, 4) is 0 Å². The molecule has 1 rings (SSSR count). The smallest absolute Gasteiger partial charge is 0.318 e. The maximum atomic E-state index is 10.8. The first-order valence-corrected chi connectivity index (χ1v) is 4.22. The minimum atomic E-state index is -0.410. The van der Waals surface area contributed by atoms with Gasteiger partial charge in [-0.25, -0.2) is 4.79 Å². The van der Waals surface area contributed by atoms with Gasteiger partial charge in [0, 0.05) is 0 Å². The zero-order valence-corrected chi connectivity index (χ0v) is 7.72. The molecule has 0 saturated heterocycles. The lowest BCUT2D eigenvalue weighted by Crippen LogP contribution is -1.97. The molecule has 0 heterocycles. The molecule has 1 aromatic rings. The van der Waals surface area contributed by atoms with Crippen LogP contribution in [0.15, 0.2) is 48.1 Å². The molecule has 72 valence electrons. The van der Waals surface area contributed by atoms with Crippen molar-refractivity contribution < 1.29 is 9.63 Å². The zero-order valence-electron chi connectivity index (χ0n) is 7.72. The predicted molar refractivity (Wildman–Crippen MR) is 54.9 cm³/mol. The van der Waals surface area contributed by atoms with Gasteiger partial charge in [0.2, 0.25) is 0 Å². The summed E-state index contributed by atoms with van der Waals surface area (Å²) in [7, 11) is 0. The Bertz CT molecular complexity index is 330. The lowest BCUT2D eigenvalue weighted by molar-refractivity contribution is -0.142. The molecule has 3 nitrogen and oxygen atoms in total. The Labute approximate surface area is 82.7 Å². The van der Waals surface area contributed by atoms with Crippen molar-refractivity contribution in [1.82, 2.24) is 0 Å². The van der Waals surface area contributed by atoms with E-state index in [2.05, 4.69) is 16.6 Å². The van der Waals surface area contributed by atoms with Gasteiger partial charge in [0.05, 0.1) is 12.6 Å². The largest absolute Gasteiger partial charge is 0.338 e. The van der Waals surface area contributed by atoms with Gasteiger partial charge in [0.15, 0.2) is 0 Å². The fourth-order valence-corrected chi connectivity index (χ4v) is 0.840. The van der Waals surface area contributed by atoms with Crippen LogP contribution in [0.5, 0.6) is 0 Å². The molecule has 3 heteroatoms. The molecule has 0 aliphatic carbocycles. The van der Waals surface area contributed by atoms with E-state index in [0.717, 1.165) is 5.56 Å². The summed E-state index contributed by atoms with van der Waals surface area (Å²) in [6, 6.07) is 9.40. The minimum Gasteiger partial charge on any atom is -0.318 e. The van der Waals surface area contributed by atoms with Crippen LogP contribution in [-0.4, -0.2) is 12.2 Å². The first-order valence-electron chi connectivity index (χ1n) is 4.22. The highest BCUT2D eigenvalue weighted by Crippen LogP contribution is 1.94. The molecule has 0 radical (unpaired) electrons. The molecule has 0 aliphatic rings. The van der Waals surface area contributed by atoms with Crippen LogP contribution in [0.25, 0.3) is 0 Å². The fraction of sp³-hybridized carbons (Fsp3) is 0.0909. The zero-order chi connectivity index (χ0) is 10.2. The third-order valence-electron chi connectivity index (χ3n) is 1.47. The SMILES string of the molecule is C=CCC(=O)O/N=C/c1ccccc1. The van der Waals surface area contributed by atoms with Gasteiger partial charge in [-0.05, 0) is 5.56 Å². The number of rotatable bonds is 4. The maximum absolute atomic E-state index is 10.8. The van der Waals surface area contributed by atoms with E-state index in [4.69, 9.17) is 0 Å². The third-order valence-corrected chi connectivity index (χ3v) is 1.47. The Morgan fingerprint density at radius 2 is 2.14 bits per heavy atom. The molecule has 14 heavy (non-hydrogen) atoms. The first kappa shape index (κ1) is 10.2. The maximum Gasteiger partial charge on any atom is 0.338 e. The molecule has 0 aliphatic heterocycles. The second kappa shape index (κ2) is 5.70. The first-order chi connectivity index (χ1) is 6.83. The van der Waals surface area contributed by atoms with Crippen LogP contribution in [0.1, 0.15) is 12.0 Å². The average Bonchev–Trinajstić information content (AvgIpc) is 2.20. The Balaban J connectivity index is 2.42. The highest BCUT2D eigenvalue weighted by atomic mass is 16.7. The van der Waals surface area contributed by atoms with Gasteiger partial charge in [0.25, 0.3) is 0 Å². The summed E-state index contributed by atoms with van der Waals surface area (Å²) in [5, 5.41) is 3.54. The van der Waals surface area contributed by atoms with Crippen molar-refractivity contribution in [2.45, 2.75) is 6.42 Å². The molecule has 0 unspecified atom stereocenters. The van der Waals surface area contributed by atoms with Crippen LogP contribution in [-0.2, 0) is 9.63 Å². The molecule has 0 saturated carbocycles. The lowest BCUT2D eigenvalue weighted by Gasteiger charge is -1.92. The van der Waals surface area contributed by atoms with E-state index in [0.29, 0.717) is 0 Å². The van der Waals surface area contributed by atoms with Crippen molar-refractivity contribution in [1.29, 1.82) is 0 Å². The fourth-order valence-electron chi connectivity index (χ4n) is 0.840. The van der Waals surface area contributed by atoms with E-state index in [-0.39, 0.29) is 6.42 Å². The summed E-state index contributed by atoms with van der Waals surface area (Å²) in [6.45, 7) is 3.41. The minimum absolute atomic E-state index is 0.173. The highest BCUT2D eigenvalue weighted by molar-refractivity contribution is 5.80. The number of carbonyl (C=O) groups excluding carboxylic acids is 1. The van der Waals surface area contributed by atoms with Crippen LogP contribution in [0.2, 0.25) is 0 Å². The Hall–Kier alpha value is -1.90. The molecule has 0 fully saturated rings. The van der Waals surface area contributed by atoms with E-state index < -0.39 is 5.97 Å². The van der Waals surface area contributed by atoms with Gasteiger partial charge in [-0.15, -0.1) is 6.58 Å². The van der Waals surface area contributed by atoms with Crippen LogP contribution >= 0.6 is 0 Å². The van der Waals surface area contributed by atoms with Crippen LogP contribution in [0.3, 0.4) is 0 Å². The van der Waals surface area contributed by atoms with Crippen molar-refractivity contribution in [2.24, 2.45) is 5.16 Å². The Kier molecular flexibility index (Phi) is 4.14. The molecule has 0 atom stereocenters. The summed E-state index contributed by atoms with van der Waals surface area (Å²) >= 11 is 0. The normalized spacial score (nSPS) is 10.0. The monoisotopic (exact) mass is 189 g/mol. The Morgan fingerprint density at radius 1 is 1.43 bits per heavy atom. The number of oxime groups is 1. The van der Waals surface area contributed by atoms with Crippen molar-refractivity contribution in [2.75, 3.05) is 0 Å². The molecule has 1 aromatic carbocycles. The van der Waals surface area contributed by atoms with E-state index >= 15 is 0 Å². The Morgan fingerprint density at radius 3 is 2.79 bits per heavy atom. The van der Waals surface area contributed by atoms with Gasteiger partial charge >= 0.3 is 5.97 Å². The molecule has 0 spiro atoms. The van der Waals surface area contributed by atoms with Crippen molar-refractivity contribution >= 4 is 12.2 Å². The number of carbonyl (C=O) groups is 1. The van der Waals surface area contributed by atoms with Gasteiger partial charge in [0.1, 0.15) is 0 Å². The highest BCUT2D eigenvalue weighted by Gasteiger charge is 1.95. The second-order valence-electron chi connectivity index (χ2n) is 2.60. The molecular weight excluding hydrogens is 178 g/mol. The van der Waals surface area contributed by atoms with E-state index in [9.17, 15) is 4.79 Å². The summed E-state index contributed by atoms with van der Waals surface area (Å²) in [5.41, 5.74) is 0.888. The molecule has 0 aromatic heterocycles. The van der Waals surface area contributed by atoms with Crippen LogP contribution in [0.4, 0.5) is 0 Å². The molecule has 0 amide bonds. The number of benzene rings is 1. The van der Waals surface area contributed by atoms with Crippen LogP contribution in [0, 0.1) is 0 Å². The molecular formula is C11H11NO2. The standard InChI is InChI=1S/C11H11NO2/c1-2-6-11(13)14-12-9-10-7-4-3-5-8-10/h2-5,7-9H,1,6H2/b12-9+. The number of nitrogens with zero attached hydrogens (tertiary/aromatic N) is 1. The topological polar surface area (TPSA) is 38.7 Å². The molecule has 0 N–H and O–H groups in total. The van der Waals surface area contributed by atoms with Gasteiger partial charge in [-0.1, -0.05) is 41.6 Å². The number of hydrogen-bond acceptors (Lipinski definition) is 3. The van der Waals surface area contributed by atoms with E-state index in [1.165, 1.54) is 12.3 Å². The third kappa shape index (κ3) is 3.67. The van der Waals surface area contributed by atoms with Crippen molar-refractivity contribution in [3.63, 3.8) is 0 Å². The van der Waals surface area contributed by atoms with E-state index in [1.807, 2.05) is 30.3 Å². The average molecular weight is 189 g/mol. The van der Waals surface area contributed by atoms with Crippen molar-refractivity contribution in [3.05, 3.63) is 48.6 Å². The molecule has 0 bridgehead atoms. The van der Waals surface area contributed by atoms with Gasteiger partial charge < -0.3 is 4.84 Å². The quantitative estimate of drug-likeness (QED) is 0.315.